The molecule has 1 aromatic carbocycles. The molecule has 3 aromatic heterocycles. The number of aromatic nitrogens is 3. The summed E-state index contributed by atoms with van der Waals surface area (Å²) in [5.74, 6) is 1.42. The molecular weight excluding hydrogens is 434 g/mol. The zero-order valence-electron chi connectivity index (χ0n) is 18.3. The first-order valence-corrected chi connectivity index (χ1v) is 10.9. The molecule has 166 valence electrons. The van der Waals surface area contributed by atoms with E-state index in [-0.39, 0.29) is 12.1 Å². The molecule has 5 rings (SSSR count). The Morgan fingerprint density at radius 1 is 0.970 bits per heavy atom. The van der Waals surface area contributed by atoms with Crippen LogP contribution in [-0.4, -0.2) is 33.9 Å². The fraction of sp³-hybridized carbons (Fsp3) is 0.160. The zero-order chi connectivity index (χ0) is 22.8. The van der Waals surface area contributed by atoms with Crippen molar-refractivity contribution in [2.75, 3.05) is 19.1 Å². The standard InChI is InChI=1S/C25H23N5O2S/c1-31-18-10-11-22(32-2)21(15-18)30-24(23(28-25(30)33)19-8-3-4-13-27-19)20-9-6-14-29(20)17-7-5-12-26-16-17/h3-16,23-24H,1-2H3,(H,28,33)/t23-,24-/m0/s1. The third-order valence-corrected chi connectivity index (χ3v) is 6.07. The molecule has 8 heteroatoms. The van der Waals surface area contributed by atoms with Crippen LogP contribution in [0.5, 0.6) is 11.5 Å². The Labute approximate surface area is 197 Å². The average molecular weight is 458 g/mol. The molecular formula is C25H23N5O2S. The number of pyridine rings is 2. The van der Waals surface area contributed by atoms with Crippen LogP contribution in [0, 0.1) is 0 Å². The first kappa shape index (κ1) is 21.0. The summed E-state index contributed by atoms with van der Waals surface area (Å²) in [5.41, 5.74) is 3.72. The van der Waals surface area contributed by atoms with E-state index in [1.807, 2.05) is 67.0 Å². The summed E-state index contributed by atoms with van der Waals surface area (Å²) in [6.07, 6.45) is 7.44. The van der Waals surface area contributed by atoms with Crippen LogP contribution in [0.25, 0.3) is 5.69 Å². The maximum Gasteiger partial charge on any atom is 0.174 e. The lowest BCUT2D eigenvalue weighted by Gasteiger charge is -2.30. The van der Waals surface area contributed by atoms with Crippen molar-refractivity contribution in [3.05, 3.63) is 96.8 Å². The Bertz CT molecular complexity index is 1260. The van der Waals surface area contributed by atoms with Crippen molar-refractivity contribution in [1.82, 2.24) is 19.9 Å². The van der Waals surface area contributed by atoms with E-state index in [0.29, 0.717) is 10.9 Å². The van der Waals surface area contributed by atoms with Crippen molar-refractivity contribution in [2.24, 2.45) is 0 Å². The highest BCUT2D eigenvalue weighted by Crippen LogP contribution is 2.45. The summed E-state index contributed by atoms with van der Waals surface area (Å²) in [6.45, 7) is 0. The van der Waals surface area contributed by atoms with Crippen LogP contribution in [0.4, 0.5) is 5.69 Å². The van der Waals surface area contributed by atoms with Gasteiger partial charge in [-0.1, -0.05) is 6.07 Å². The van der Waals surface area contributed by atoms with E-state index in [0.717, 1.165) is 28.5 Å². The number of ether oxygens (including phenoxy) is 2. The largest absolute Gasteiger partial charge is 0.497 e. The van der Waals surface area contributed by atoms with Gasteiger partial charge < -0.3 is 24.3 Å². The van der Waals surface area contributed by atoms with E-state index < -0.39 is 0 Å². The highest BCUT2D eigenvalue weighted by atomic mass is 32.1. The van der Waals surface area contributed by atoms with Crippen LogP contribution >= 0.6 is 12.2 Å². The Morgan fingerprint density at radius 3 is 2.61 bits per heavy atom. The zero-order valence-corrected chi connectivity index (χ0v) is 19.1. The van der Waals surface area contributed by atoms with Gasteiger partial charge in [0.25, 0.3) is 0 Å². The van der Waals surface area contributed by atoms with Crippen molar-refractivity contribution in [3.8, 4) is 17.2 Å². The molecule has 1 aliphatic rings. The third kappa shape index (κ3) is 3.78. The molecule has 0 aliphatic carbocycles. The van der Waals surface area contributed by atoms with Gasteiger partial charge in [0.15, 0.2) is 5.11 Å². The molecule has 0 spiro atoms. The summed E-state index contributed by atoms with van der Waals surface area (Å²) in [5, 5.41) is 4.08. The molecule has 1 aliphatic heterocycles. The van der Waals surface area contributed by atoms with Crippen LogP contribution in [-0.2, 0) is 0 Å². The van der Waals surface area contributed by atoms with Crippen molar-refractivity contribution in [3.63, 3.8) is 0 Å². The fourth-order valence-electron chi connectivity index (χ4n) is 4.27. The number of anilines is 1. The van der Waals surface area contributed by atoms with Gasteiger partial charge in [-0.3, -0.25) is 9.97 Å². The lowest BCUT2D eigenvalue weighted by atomic mass is 10.0. The predicted octanol–water partition coefficient (Wildman–Crippen LogP) is 4.46. The van der Waals surface area contributed by atoms with Crippen molar-refractivity contribution in [1.29, 1.82) is 0 Å². The van der Waals surface area contributed by atoms with Gasteiger partial charge in [0.05, 0.1) is 43.5 Å². The van der Waals surface area contributed by atoms with Crippen molar-refractivity contribution < 1.29 is 9.47 Å². The smallest absolute Gasteiger partial charge is 0.174 e. The minimum atomic E-state index is -0.205. The van der Waals surface area contributed by atoms with E-state index in [4.69, 9.17) is 21.7 Å². The molecule has 4 aromatic rings. The van der Waals surface area contributed by atoms with Crippen molar-refractivity contribution >= 4 is 23.0 Å². The maximum atomic E-state index is 5.87. The van der Waals surface area contributed by atoms with Crippen molar-refractivity contribution in [2.45, 2.75) is 12.1 Å². The second-order valence-corrected chi connectivity index (χ2v) is 7.94. The Kier molecular flexibility index (Phi) is 5.66. The Morgan fingerprint density at radius 2 is 1.88 bits per heavy atom. The third-order valence-electron chi connectivity index (χ3n) is 5.75. The van der Waals surface area contributed by atoms with Gasteiger partial charge in [-0.2, -0.15) is 0 Å². The van der Waals surface area contributed by atoms with E-state index >= 15 is 0 Å². The van der Waals surface area contributed by atoms with Gasteiger partial charge in [-0.25, -0.2) is 0 Å². The Hall–Kier alpha value is -3.91. The van der Waals surface area contributed by atoms with Gasteiger partial charge in [-0.15, -0.1) is 0 Å². The first-order chi connectivity index (χ1) is 16.2. The van der Waals surface area contributed by atoms with E-state index in [2.05, 4.69) is 30.8 Å². The van der Waals surface area contributed by atoms with Gasteiger partial charge in [0.2, 0.25) is 0 Å². The number of hydrogen-bond donors (Lipinski definition) is 1. The number of thiocarbonyl (C=S) groups is 1. The molecule has 0 bridgehead atoms. The number of nitrogens with one attached hydrogen (secondary N) is 1. The van der Waals surface area contributed by atoms with E-state index in [1.165, 1.54) is 0 Å². The summed E-state index contributed by atoms with van der Waals surface area (Å²) >= 11 is 5.87. The van der Waals surface area contributed by atoms with Crippen LogP contribution in [0.1, 0.15) is 23.5 Å². The summed E-state index contributed by atoms with van der Waals surface area (Å²) in [4.78, 5) is 11.0. The number of nitrogens with zero attached hydrogens (tertiary/aromatic N) is 4. The van der Waals surface area contributed by atoms with Gasteiger partial charge in [-0.05, 0) is 60.7 Å². The molecule has 1 N–H and O–H groups in total. The molecule has 4 heterocycles. The molecule has 0 unspecified atom stereocenters. The number of hydrogen-bond acceptors (Lipinski definition) is 5. The molecule has 33 heavy (non-hydrogen) atoms. The quantitative estimate of drug-likeness (QED) is 0.429. The summed E-state index contributed by atoms with van der Waals surface area (Å²) in [6, 6.07) is 19.3. The second-order valence-electron chi connectivity index (χ2n) is 7.55. The average Bonchev–Trinajstić information content (AvgIpc) is 3.49. The fourth-order valence-corrected chi connectivity index (χ4v) is 4.61. The highest BCUT2D eigenvalue weighted by molar-refractivity contribution is 7.80. The molecule has 0 amide bonds. The lowest BCUT2D eigenvalue weighted by molar-refractivity contribution is 0.402. The van der Waals surface area contributed by atoms with Crippen LogP contribution in [0.2, 0.25) is 0 Å². The van der Waals surface area contributed by atoms with Crippen LogP contribution in [0.15, 0.2) is 85.5 Å². The number of benzene rings is 1. The molecule has 1 saturated heterocycles. The monoisotopic (exact) mass is 457 g/mol. The molecule has 7 nitrogen and oxygen atoms in total. The summed E-state index contributed by atoms with van der Waals surface area (Å²) < 4.78 is 13.3. The minimum Gasteiger partial charge on any atom is -0.497 e. The topological polar surface area (TPSA) is 64.4 Å². The Balaban J connectivity index is 1.70. The number of rotatable bonds is 6. The van der Waals surface area contributed by atoms with Crippen LogP contribution < -0.4 is 19.7 Å². The molecule has 0 saturated carbocycles. The van der Waals surface area contributed by atoms with Gasteiger partial charge in [0.1, 0.15) is 17.5 Å². The van der Waals surface area contributed by atoms with E-state index in [1.54, 1.807) is 26.6 Å². The highest BCUT2D eigenvalue weighted by Gasteiger charge is 2.43. The summed E-state index contributed by atoms with van der Waals surface area (Å²) in [7, 11) is 3.30. The molecule has 2 atom stereocenters. The lowest BCUT2D eigenvalue weighted by Crippen LogP contribution is -2.30. The first-order valence-electron chi connectivity index (χ1n) is 10.5. The maximum absolute atomic E-state index is 5.87. The second kappa shape index (κ2) is 8.91. The minimum absolute atomic E-state index is 0.181. The molecule has 0 radical (unpaired) electrons. The molecule has 1 fully saturated rings. The predicted molar refractivity (Wildman–Crippen MR) is 131 cm³/mol. The van der Waals surface area contributed by atoms with Crippen LogP contribution in [0.3, 0.4) is 0 Å². The normalized spacial score (nSPS) is 17.6. The number of methoxy groups -OCH3 is 2. The van der Waals surface area contributed by atoms with Gasteiger partial charge in [0, 0.05) is 30.4 Å². The SMILES string of the molecule is COc1ccc(OC)c(N2C(=S)N[C@@H](c3ccccn3)[C@@H]2c2cccn2-c2cccnc2)c1. The van der Waals surface area contributed by atoms with E-state index in [9.17, 15) is 0 Å². The van der Waals surface area contributed by atoms with Gasteiger partial charge >= 0.3 is 0 Å².